The SMILES string of the molecule is CC(CCc1ccco1)n1c(-c2ccncc2)n[nH]c1=S. The molecule has 0 aromatic carbocycles. The van der Waals surface area contributed by atoms with Crippen LogP contribution < -0.4 is 0 Å². The zero-order chi connectivity index (χ0) is 14.7. The van der Waals surface area contributed by atoms with Gasteiger partial charge in [-0.15, -0.1) is 0 Å². The number of furan rings is 1. The van der Waals surface area contributed by atoms with Crippen LogP contribution in [0.4, 0.5) is 0 Å². The van der Waals surface area contributed by atoms with E-state index in [1.165, 1.54) is 0 Å². The smallest absolute Gasteiger partial charge is 0.195 e. The zero-order valence-electron chi connectivity index (χ0n) is 11.7. The molecule has 5 nitrogen and oxygen atoms in total. The van der Waals surface area contributed by atoms with Crippen LogP contribution in [0.1, 0.15) is 25.1 Å². The van der Waals surface area contributed by atoms with Crippen molar-refractivity contribution in [3.05, 3.63) is 53.5 Å². The van der Waals surface area contributed by atoms with Gasteiger partial charge in [0.1, 0.15) is 5.76 Å². The Balaban J connectivity index is 1.84. The molecule has 0 amide bonds. The van der Waals surface area contributed by atoms with Gasteiger partial charge < -0.3 is 4.42 Å². The third kappa shape index (κ3) is 2.95. The van der Waals surface area contributed by atoms with Crippen molar-refractivity contribution >= 4 is 12.2 Å². The topological polar surface area (TPSA) is 59.6 Å². The van der Waals surface area contributed by atoms with Gasteiger partial charge in [-0.05, 0) is 49.8 Å². The van der Waals surface area contributed by atoms with Gasteiger partial charge in [0.25, 0.3) is 0 Å². The molecule has 0 saturated carbocycles. The number of rotatable bonds is 5. The van der Waals surface area contributed by atoms with Gasteiger partial charge in [-0.3, -0.25) is 14.6 Å². The molecule has 108 valence electrons. The largest absolute Gasteiger partial charge is 0.469 e. The van der Waals surface area contributed by atoms with Crippen LogP contribution in [-0.4, -0.2) is 19.7 Å². The fourth-order valence-electron chi connectivity index (χ4n) is 2.35. The molecule has 0 aliphatic rings. The average molecular weight is 300 g/mol. The number of hydrogen-bond acceptors (Lipinski definition) is 4. The van der Waals surface area contributed by atoms with Gasteiger partial charge in [0.05, 0.1) is 6.26 Å². The second kappa shape index (κ2) is 6.05. The molecule has 21 heavy (non-hydrogen) atoms. The standard InChI is InChI=1S/C15H16N4OS/c1-11(4-5-13-3-2-10-20-13)19-14(17-18-15(19)21)12-6-8-16-9-7-12/h2-3,6-11H,4-5H2,1H3,(H,18,21). The predicted molar refractivity (Wildman–Crippen MR) is 82.4 cm³/mol. The number of nitrogens with one attached hydrogen (secondary N) is 1. The molecule has 0 spiro atoms. The molecule has 0 bridgehead atoms. The Hall–Kier alpha value is -2.21. The van der Waals surface area contributed by atoms with Crippen LogP contribution in [-0.2, 0) is 6.42 Å². The summed E-state index contributed by atoms with van der Waals surface area (Å²) >= 11 is 5.37. The average Bonchev–Trinajstić information content (AvgIpc) is 3.15. The summed E-state index contributed by atoms with van der Waals surface area (Å²) in [4.78, 5) is 4.04. The molecule has 3 heterocycles. The van der Waals surface area contributed by atoms with Gasteiger partial charge in [0, 0.05) is 30.4 Å². The van der Waals surface area contributed by atoms with Gasteiger partial charge >= 0.3 is 0 Å². The summed E-state index contributed by atoms with van der Waals surface area (Å²) in [5.41, 5.74) is 1.00. The Bertz CT molecular complexity index is 746. The Morgan fingerprint density at radius 2 is 2.14 bits per heavy atom. The first-order chi connectivity index (χ1) is 10.3. The number of aromatic nitrogens is 4. The number of pyridine rings is 1. The Morgan fingerprint density at radius 1 is 1.33 bits per heavy atom. The summed E-state index contributed by atoms with van der Waals surface area (Å²) in [5, 5.41) is 7.23. The van der Waals surface area contributed by atoms with Gasteiger partial charge in [-0.2, -0.15) is 5.10 Å². The van der Waals surface area contributed by atoms with Crippen molar-refractivity contribution in [1.82, 2.24) is 19.7 Å². The van der Waals surface area contributed by atoms with E-state index in [4.69, 9.17) is 16.6 Å². The third-order valence-corrected chi connectivity index (χ3v) is 3.76. The molecule has 0 aliphatic carbocycles. The lowest BCUT2D eigenvalue weighted by molar-refractivity contribution is 0.451. The zero-order valence-corrected chi connectivity index (χ0v) is 12.5. The molecule has 3 rings (SSSR count). The maximum absolute atomic E-state index is 5.38. The number of hydrogen-bond donors (Lipinski definition) is 1. The van der Waals surface area contributed by atoms with E-state index >= 15 is 0 Å². The minimum atomic E-state index is 0.226. The summed E-state index contributed by atoms with van der Waals surface area (Å²) in [6, 6.07) is 7.99. The molecule has 0 fully saturated rings. The monoisotopic (exact) mass is 300 g/mol. The van der Waals surface area contributed by atoms with E-state index in [0.717, 1.165) is 30.0 Å². The fraction of sp³-hybridized carbons (Fsp3) is 0.267. The summed E-state index contributed by atoms with van der Waals surface area (Å²) in [6.45, 7) is 2.14. The number of aryl methyl sites for hydroxylation is 1. The Kier molecular flexibility index (Phi) is 3.96. The Labute approximate surface area is 127 Å². The molecule has 1 N–H and O–H groups in total. The van der Waals surface area contributed by atoms with E-state index in [0.29, 0.717) is 4.77 Å². The molecule has 0 radical (unpaired) electrons. The van der Waals surface area contributed by atoms with Crippen LogP contribution in [0.25, 0.3) is 11.4 Å². The van der Waals surface area contributed by atoms with Crippen LogP contribution in [0, 0.1) is 4.77 Å². The first-order valence-corrected chi connectivity index (χ1v) is 7.26. The van der Waals surface area contributed by atoms with Crippen molar-refractivity contribution in [2.24, 2.45) is 0 Å². The lowest BCUT2D eigenvalue weighted by Crippen LogP contribution is -2.08. The minimum absolute atomic E-state index is 0.226. The summed E-state index contributed by atoms with van der Waals surface area (Å²) in [5.74, 6) is 1.83. The van der Waals surface area contributed by atoms with Crippen molar-refractivity contribution in [1.29, 1.82) is 0 Å². The van der Waals surface area contributed by atoms with E-state index < -0.39 is 0 Å². The quantitative estimate of drug-likeness (QED) is 0.728. The van der Waals surface area contributed by atoms with E-state index in [1.54, 1.807) is 18.7 Å². The third-order valence-electron chi connectivity index (χ3n) is 3.47. The Morgan fingerprint density at radius 3 is 2.86 bits per heavy atom. The second-order valence-electron chi connectivity index (χ2n) is 4.93. The summed E-state index contributed by atoms with van der Waals surface area (Å²) in [6.07, 6.45) is 7.01. The first kappa shape index (κ1) is 13.8. The number of aromatic amines is 1. The highest BCUT2D eigenvalue weighted by atomic mass is 32.1. The molecule has 6 heteroatoms. The van der Waals surface area contributed by atoms with Crippen molar-refractivity contribution in [2.45, 2.75) is 25.8 Å². The highest BCUT2D eigenvalue weighted by molar-refractivity contribution is 7.71. The van der Waals surface area contributed by atoms with Crippen LogP contribution in [0.5, 0.6) is 0 Å². The van der Waals surface area contributed by atoms with Crippen molar-refractivity contribution in [3.63, 3.8) is 0 Å². The summed E-state index contributed by atoms with van der Waals surface area (Å²) < 4.78 is 8.06. The lowest BCUT2D eigenvalue weighted by atomic mass is 10.1. The lowest BCUT2D eigenvalue weighted by Gasteiger charge is -2.15. The van der Waals surface area contributed by atoms with E-state index in [-0.39, 0.29) is 6.04 Å². The molecule has 3 aromatic heterocycles. The predicted octanol–water partition coefficient (Wildman–Crippen LogP) is 3.79. The molecule has 0 aliphatic heterocycles. The number of nitrogens with zero attached hydrogens (tertiary/aromatic N) is 3. The second-order valence-corrected chi connectivity index (χ2v) is 5.31. The molecular formula is C15H16N4OS. The van der Waals surface area contributed by atoms with Crippen molar-refractivity contribution < 1.29 is 4.42 Å². The van der Waals surface area contributed by atoms with E-state index in [9.17, 15) is 0 Å². The fourth-order valence-corrected chi connectivity index (χ4v) is 2.67. The minimum Gasteiger partial charge on any atom is -0.469 e. The number of H-pyrrole nitrogens is 1. The van der Waals surface area contributed by atoms with Crippen LogP contribution >= 0.6 is 12.2 Å². The highest BCUT2D eigenvalue weighted by Gasteiger charge is 2.14. The van der Waals surface area contributed by atoms with E-state index in [1.807, 2.05) is 28.8 Å². The highest BCUT2D eigenvalue weighted by Crippen LogP contribution is 2.23. The molecule has 3 aromatic rings. The first-order valence-electron chi connectivity index (χ1n) is 6.85. The maximum atomic E-state index is 5.38. The molecular weight excluding hydrogens is 284 g/mol. The van der Waals surface area contributed by atoms with Gasteiger partial charge in [0.15, 0.2) is 10.6 Å². The summed E-state index contributed by atoms with van der Waals surface area (Å²) in [7, 11) is 0. The van der Waals surface area contributed by atoms with Crippen molar-refractivity contribution in [2.75, 3.05) is 0 Å². The molecule has 0 saturated heterocycles. The van der Waals surface area contributed by atoms with Gasteiger partial charge in [0.2, 0.25) is 0 Å². The van der Waals surface area contributed by atoms with Crippen molar-refractivity contribution in [3.8, 4) is 11.4 Å². The molecule has 1 unspecified atom stereocenters. The van der Waals surface area contributed by atoms with Crippen LogP contribution in [0.3, 0.4) is 0 Å². The maximum Gasteiger partial charge on any atom is 0.195 e. The van der Waals surface area contributed by atoms with Crippen LogP contribution in [0.2, 0.25) is 0 Å². The van der Waals surface area contributed by atoms with E-state index in [2.05, 4.69) is 22.1 Å². The van der Waals surface area contributed by atoms with Gasteiger partial charge in [-0.1, -0.05) is 0 Å². The normalized spacial score (nSPS) is 12.4. The van der Waals surface area contributed by atoms with Gasteiger partial charge in [-0.25, -0.2) is 0 Å². The molecule has 1 atom stereocenters. The van der Waals surface area contributed by atoms with Crippen LogP contribution in [0.15, 0.2) is 47.3 Å².